The van der Waals surface area contributed by atoms with Crippen LogP contribution in [0, 0.1) is 11.6 Å². The van der Waals surface area contributed by atoms with Gasteiger partial charge in [0.1, 0.15) is 0 Å². The summed E-state index contributed by atoms with van der Waals surface area (Å²) in [6, 6.07) is 4.00. The second kappa shape index (κ2) is 5.93. The van der Waals surface area contributed by atoms with Crippen molar-refractivity contribution in [3.63, 3.8) is 0 Å². The summed E-state index contributed by atoms with van der Waals surface area (Å²) in [5.41, 5.74) is 7.47. The minimum absolute atomic E-state index is 0.103. The molecule has 5 heteroatoms. The molecule has 0 fully saturated rings. The third kappa shape index (κ3) is 3.61. The van der Waals surface area contributed by atoms with E-state index in [0.717, 1.165) is 24.6 Å². The van der Waals surface area contributed by atoms with E-state index in [1.54, 1.807) is 12.4 Å². The van der Waals surface area contributed by atoms with Gasteiger partial charge in [-0.2, -0.15) is 0 Å². The minimum atomic E-state index is -0.830. The van der Waals surface area contributed by atoms with Crippen LogP contribution in [0.5, 0.6) is 0 Å². The summed E-state index contributed by atoms with van der Waals surface area (Å²) >= 11 is 0. The molecule has 0 aliphatic rings. The average molecular weight is 265 g/mol. The summed E-state index contributed by atoms with van der Waals surface area (Å²) in [6.07, 6.45) is 5.19. The molecule has 1 unspecified atom stereocenters. The van der Waals surface area contributed by atoms with Crippen LogP contribution < -0.4 is 5.73 Å². The fourth-order valence-corrected chi connectivity index (χ4v) is 1.86. The van der Waals surface area contributed by atoms with Crippen LogP contribution in [0.4, 0.5) is 8.78 Å². The van der Waals surface area contributed by atoms with Crippen molar-refractivity contribution in [3.8, 4) is 0 Å². The van der Waals surface area contributed by atoms with Crippen molar-refractivity contribution in [2.45, 2.75) is 32.4 Å². The molecule has 1 aromatic heterocycles. The Hall–Kier alpha value is -1.75. The standard InChI is InChI=1S/C14H17F2N3/c1-2-11(17)6-12-8-19(9-18-12)7-10-3-4-13(15)14(16)5-10/h3-5,8-9,11H,2,6-7,17H2,1H3. The Balaban J connectivity index is 2.05. The maximum Gasteiger partial charge on any atom is 0.159 e. The van der Waals surface area contributed by atoms with E-state index < -0.39 is 11.6 Å². The summed E-state index contributed by atoms with van der Waals surface area (Å²) in [4.78, 5) is 4.26. The lowest BCUT2D eigenvalue weighted by molar-refractivity contribution is 0.506. The van der Waals surface area contributed by atoms with E-state index >= 15 is 0 Å². The second-order valence-corrected chi connectivity index (χ2v) is 4.66. The van der Waals surface area contributed by atoms with Gasteiger partial charge < -0.3 is 10.3 Å². The van der Waals surface area contributed by atoms with E-state index in [-0.39, 0.29) is 6.04 Å². The Labute approximate surface area is 111 Å². The number of rotatable bonds is 5. The molecule has 0 aliphatic carbocycles. The van der Waals surface area contributed by atoms with Crippen molar-refractivity contribution in [2.24, 2.45) is 5.73 Å². The molecule has 2 aromatic rings. The summed E-state index contributed by atoms with van der Waals surface area (Å²) < 4.78 is 27.7. The maximum absolute atomic E-state index is 13.1. The third-order valence-electron chi connectivity index (χ3n) is 3.03. The van der Waals surface area contributed by atoms with Gasteiger partial charge in [0.25, 0.3) is 0 Å². The number of hydrogen-bond donors (Lipinski definition) is 1. The number of imidazole rings is 1. The fourth-order valence-electron chi connectivity index (χ4n) is 1.86. The van der Waals surface area contributed by atoms with Gasteiger partial charge in [-0.05, 0) is 24.1 Å². The molecule has 0 radical (unpaired) electrons. The lowest BCUT2D eigenvalue weighted by Gasteiger charge is -2.05. The molecule has 0 saturated heterocycles. The number of halogens is 2. The van der Waals surface area contributed by atoms with Gasteiger partial charge in [-0.1, -0.05) is 13.0 Å². The number of hydrogen-bond acceptors (Lipinski definition) is 2. The van der Waals surface area contributed by atoms with Crippen molar-refractivity contribution in [1.29, 1.82) is 0 Å². The van der Waals surface area contributed by atoms with Gasteiger partial charge in [0, 0.05) is 25.2 Å². The van der Waals surface area contributed by atoms with Crippen molar-refractivity contribution in [1.82, 2.24) is 9.55 Å². The molecule has 0 saturated carbocycles. The molecule has 1 atom stereocenters. The van der Waals surface area contributed by atoms with Crippen molar-refractivity contribution >= 4 is 0 Å². The maximum atomic E-state index is 13.1. The summed E-state index contributed by atoms with van der Waals surface area (Å²) in [5, 5.41) is 0. The summed E-state index contributed by atoms with van der Waals surface area (Å²) in [7, 11) is 0. The first kappa shape index (κ1) is 13.7. The Morgan fingerprint density at radius 1 is 1.32 bits per heavy atom. The lowest BCUT2D eigenvalue weighted by atomic mass is 10.1. The van der Waals surface area contributed by atoms with Gasteiger partial charge in [-0.15, -0.1) is 0 Å². The summed E-state index contributed by atoms with van der Waals surface area (Å²) in [6.45, 7) is 2.49. The highest BCUT2D eigenvalue weighted by Gasteiger charge is 2.06. The number of aromatic nitrogens is 2. The van der Waals surface area contributed by atoms with Gasteiger partial charge in [0.15, 0.2) is 11.6 Å². The zero-order valence-corrected chi connectivity index (χ0v) is 10.8. The molecule has 19 heavy (non-hydrogen) atoms. The molecule has 2 N–H and O–H groups in total. The molecular formula is C14H17F2N3. The van der Waals surface area contributed by atoms with Crippen LogP contribution in [0.25, 0.3) is 0 Å². The second-order valence-electron chi connectivity index (χ2n) is 4.66. The van der Waals surface area contributed by atoms with Gasteiger partial charge in [0.2, 0.25) is 0 Å². The van der Waals surface area contributed by atoms with Crippen LogP contribution >= 0.6 is 0 Å². The monoisotopic (exact) mass is 265 g/mol. The molecule has 2 rings (SSSR count). The summed E-state index contributed by atoms with van der Waals surface area (Å²) in [5.74, 6) is -1.66. The highest BCUT2D eigenvalue weighted by atomic mass is 19.2. The highest BCUT2D eigenvalue weighted by Crippen LogP contribution is 2.11. The van der Waals surface area contributed by atoms with Crippen LogP contribution in [0.1, 0.15) is 24.6 Å². The molecule has 0 aliphatic heterocycles. The first-order valence-electron chi connectivity index (χ1n) is 6.28. The van der Waals surface area contributed by atoms with Crippen molar-refractivity contribution < 1.29 is 8.78 Å². The van der Waals surface area contributed by atoms with Crippen LogP contribution in [0.2, 0.25) is 0 Å². The van der Waals surface area contributed by atoms with E-state index in [0.29, 0.717) is 12.1 Å². The van der Waals surface area contributed by atoms with E-state index in [1.807, 2.05) is 17.7 Å². The SMILES string of the molecule is CCC(N)Cc1cn(Cc2ccc(F)c(F)c2)cn1. The molecule has 102 valence electrons. The van der Waals surface area contributed by atoms with Gasteiger partial charge >= 0.3 is 0 Å². The molecule has 0 spiro atoms. The first-order valence-corrected chi connectivity index (χ1v) is 6.28. The lowest BCUT2D eigenvalue weighted by Crippen LogP contribution is -2.21. The zero-order chi connectivity index (χ0) is 13.8. The zero-order valence-electron chi connectivity index (χ0n) is 10.8. The first-order chi connectivity index (χ1) is 9.08. The average Bonchev–Trinajstić information content (AvgIpc) is 2.81. The fraction of sp³-hybridized carbons (Fsp3) is 0.357. The van der Waals surface area contributed by atoms with Gasteiger partial charge in [-0.25, -0.2) is 13.8 Å². The quantitative estimate of drug-likeness (QED) is 0.902. The van der Waals surface area contributed by atoms with Crippen LogP contribution in [-0.2, 0) is 13.0 Å². The smallest absolute Gasteiger partial charge is 0.159 e. The number of nitrogens with two attached hydrogens (primary N) is 1. The van der Waals surface area contributed by atoms with Crippen LogP contribution in [0.3, 0.4) is 0 Å². The van der Waals surface area contributed by atoms with E-state index in [9.17, 15) is 8.78 Å². The number of nitrogens with zero attached hydrogens (tertiary/aromatic N) is 2. The molecule has 0 amide bonds. The third-order valence-corrected chi connectivity index (χ3v) is 3.03. The van der Waals surface area contributed by atoms with Crippen LogP contribution in [0.15, 0.2) is 30.7 Å². The van der Waals surface area contributed by atoms with Crippen molar-refractivity contribution in [2.75, 3.05) is 0 Å². The molecular weight excluding hydrogens is 248 g/mol. The molecule has 3 nitrogen and oxygen atoms in total. The minimum Gasteiger partial charge on any atom is -0.333 e. The normalized spacial score (nSPS) is 12.6. The Bertz CT molecular complexity index is 551. The number of benzene rings is 1. The molecule has 0 bridgehead atoms. The largest absolute Gasteiger partial charge is 0.333 e. The topological polar surface area (TPSA) is 43.8 Å². The Morgan fingerprint density at radius 3 is 2.79 bits per heavy atom. The van der Waals surface area contributed by atoms with Gasteiger partial charge in [0.05, 0.1) is 12.0 Å². The Morgan fingerprint density at radius 2 is 2.11 bits per heavy atom. The van der Waals surface area contributed by atoms with E-state index in [2.05, 4.69) is 4.98 Å². The molecule has 1 aromatic carbocycles. The van der Waals surface area contributed by atoms with Crippen LogP contribution in [-0.4, -0.2) is 15.6 Å². The van der Waals surface area contributed by atoms with E-state index in [4.69, 9.17) is 5.73 Å². The van der Waals surface area contributed by atoms with Gasteiger partial charge in [-0.3, -0.25) is 0 Å². The Kier molecular flexibility index (Phi) is 4.27. The predicted molar refractivity (Wildman–Crippen MR) is 69.7 cm³/mol. The highest BCUT2D eigenvalue weighted by molar-refractivity contribution is 5.18. The van der Waals surface area contributed by atoms with E-state index in [1.165, 1.54) is 6.07 Å². The van der Waals surface area contributed by atoms with Crippen molar-refractivity contribution in [3.05, 3.63) is 53.6 Å². The molecule has 1 heterocycles. The predicted octanol–water partition coefficient (Wildman–Crippen LogP) is 2.49.